The summed E-state index contributed by atoms with van der Waals surface area (Å²) in [5.41, 5.74) is 41.4. The number of benzene rings is 15. The van der Waals surface area contributed by atoms with Crippen LogP contribution in [0.2, 0.25) is 0 Å². The molecule has 0 saturated carbocycles. The van der Waals surface area contributed by atoms with E-state index in [2.05, 4.69) is 470 Å². The Morgan fingerprint density at radius 2 is 0.392 bits per heavy atom. The Morgan fingerprint density at radius 3 is 0.631 bits per heavy atom. The van der Waals surface area contributed by atoms with Gasteiger partial charge in [-0.3, -0.25) is 9.97 Å². The van der Waals surface area contributed by atoms with E-state index < -0.39 is 0 Å². The van der Waals surface area contributed by atoms with Crippen LogP contribution in [0.15, 0.2) is 400 Å². The third-order valence-electron chi connectivity index (χ3n) is 26.0. The molecule has 130 heavy (non-hydrogen) atoms. The zero-order chi connectivity index (χ0) is 88.9. The predicted octanol–water partition coefficient (Wildman–Crippen LogP) is 32.0. The molecular formula is C124H104N6. The smallest absolute Gasteiger partial charge is 0.0974 e. The Kier molecular flexibility index (Phi) is 24.2. The highest BCUT2D eigenvalue weighted by Gasteiger charge is 2.26. The Balaban J connectivity index is 0.000000126. The van der Waals surface area contributed by atoms with Crippen molar-refractivity contribution in [1.82, 2.24) is 29.9 Å². The molecule has 0 aliphatic carbocycles. The van der Waals surface area contributed by atoms with E-state index in [0.29, 0.717) is 0 Å². The number of hydrogen-bond acceptors (Lipinski definition) is 6. The summed E-state index contributed by atoms with van der Waals surface area (Å²) >= 11 is 0. The minimum atomic E-state index is 0.125. The molecule has 0 aliphatic rings. The number of fused-ring (bicyclic) bond motifs is 9. The first-order valence-corrected chi connectivity index (χ1v) is 45.6. The lowest BCUT2D eigenvalue weighted by atomic mass is 9.90. The maximum Gasteiger partial charge on any atom is 0.0974 e. The molecule has 15 aromatic carbocycles. The molecule has 0 bridgehead atoms. The molecule has 0 amide bonds. The molecule has 21 rings (SSSR count). The van der Waals surface area contributed by atoms with Crippen LogP contribution in [0.5, 0.6) is 0 Å². The third-order valence-corrected chi connectivity index (χ3v) is 26.0. The van der Waals surface area contributed by atoms with Crippen LogP contribution >= 0.6 is 0 Å². The number of aromatic nitrogens is 6. The SMILES string of the molecule is Cc1ccc(C(C)c2cc(-c3ccccc3)c3ccc4c(-c5ccccc5)cc(C(C)c5ccc(C)cc5)nc4c3n2)cc1.Cc1ccc(Cc2cc(-c3ccccc3)c3ccc4c(-c5ccccc5)cc(Cc5ccc(C)cc5)nc4c3n2)cc1.Cc1cccc(C(C)c2cc(-c3ccccc3)c3ccc4c(-c5ccccc5)cc(C(C)c5cccc(C)c5)nc4c3n2)c1. The van der Waals surface area contributed by atoms with Gasteiger partial charge in [0.05, 0.1) is 33.1 Å². The molecule has 0 spiro atoms. The van der Waals surface area contributed by atoms with Gasteiger partial charge in [-0.2, -0.15) is 0 Å². The average molecular weight is 1680 g/mol. The fourth-order valence-corrected chi connectivity index (χ4v) is 18.4. The van der Waals surface area contributed by atoms with Crippen molar-refractivity contribution >= 4 is 65.4 Å². The molecule has 6 heteroatoms. The minimum Gasteiger partial charge on any atom is -0.250 e. The Bertz CT molecular complexity index is 7200. The van der Waals surface area contributed by atoms with E-state index in [1.54, 1.807) is 0 Å². The Hall–Kier alpha value is -15.2. The van der Waals surface area contributed by atoms with E-state index >= 15 is 0 Å². The molecule has 0 aliphatic heterocycles. The van der Waals surface area contributed by atoms with E-state index in [-0.39, 0.29) is 23.7 Å². The van der Waals surface area contributed by atoms with E-state index in [4.69, 9.17) is 29.9 Å². The van der Waals surface area contributed by atoms with Crippen molar-refractivity contribution in [2.24, 2.45) is 0 Å². The molecule has 21 aromatic rings. The molecule has 6 aromatic heterocycles. The van der Waals surface area contributed by atoms with Gasteiger partial charge in [-0.05, 0) is 178 Å². The van der Waals surface area contributed by atoms with Gasteiger partial charge in [0.2, 0.25) is 0 Å². The van der Waals surface area contributed by atoms with Crippen LogP contribution in [0.25, 0.3) is 132 Å². The largest absolute Gasteiger partial charge is 0.250 e. The van der Waals surface area contributed by atoms with Crippen LogP contribution in [0.1, 0.15) is 152 Å². The molecule has 4 atom stereocenters. The summed E-state index contributed by atoms with van der Waals surface area (Å²) in [6, 6.07) is 144. The zero-order valence-electron chi connectivity index (χ0n) is 75.5. The number of pyridine rings is 6. The van der Waals surface area contributed by atoms with Gasteiger partial charge in [-0.15, -0.1) is 0 Å². The molecule has 0 saturated heterocycles. The second-order valence-corrected chi connectivity index (χ2v) is 35.3. The number of hydrogen-bond donors (Lipinski definition) is 0. The number of nitrogens with zero attached hydrogens (tertiary/aromatic N) is 6. The molecule has 630 valence electrons. The summed E-state index contributed by atoms with van der Waals surface area (Å²) in [5, 5.41) is 6.73. The van der Waals surface area contributed by atoms with Gasteiger partial charge in [0.1, 0.15) is 0 Å². The van der Waals surface area contributed by atoms with E-state index in [1.807, 2.05) is 0 Å². The maximum absolute atomic E-state index is 5.46. The van der Waals surface area contributed by atoms with E-state index in [0.717, 1.165) is 112 Å². The molecule has 4 unspecified atom stereocenters. The standard InChI is InChI=1S/2C42H36N2.C40H32N2/c1-27-13-11-19-33(23-27)29(3)39-25-37(31-15-7-5-8-16-31)35-21-22-36-38(32-17-9-6-10-18-32)26-40(44-42(36)41(35)43-39)30(4)34-20-12-14-28(2)24-34;1-27-15-19-31(20-16-27)29(3)39-25-37(33-11-7-5-8-12-33)35-23-24-36-38(34-13-9-6-10-14-34)26-40(44-42(36)41(35)43-39)30(4)32-21-17-28(2)18-22-32;1-27-13-17-29(18-14-27)23-33-25-37(31-9-5-3-6-10-31)35-21-22-36-38(32-11-7-4-8-12-32)26-34(42-40(36)39(35)41-33)24-30-19-15-28(2)16-20-30/h2*5-26,29-30H,1-4H3;3-22,25-26H,23-24H2,1-2H3. The summed E-state index contributed by atoms with van der Waals surface area (Å²) < 4.78 is 0. The van der Waals surface area contributed by atoms with Crippen molar-refractivity contribution < 1.29 is 0 Å². The highest BCUT2D eigenvalue weighted by molar-refractivity contribution is 6.15. The Morgan fingerprint density at radius 1 is 0.177 bits per heavy atom. The lowest BCUT2D eigenvalue weighted by molar-refractivity contribution is 0.874. The summed E-state index contributed by atoms with van der Waals surface area (Å²) in [7, 11) is 0. The molecule has 6 heterocycles. The van der Waals surface area contributed by atoms with Crippen LogP contribution in [0, 0.1) is 41.5 Å². The molecule has 0 radical (unpaired) electrons. The van der Waals surface area contributed by atoms with Gasteiger partial charge >= 0.3 is 0 Å². The first-order valence-electron chi connectivity index (χ1n) is 45.6. The minimum absolute atomic E-state index is 0.125. The first-order chi connectivity index (χ1) is 63.5. The molecule has 0 N–H and O–H groups in total. The van der Waals surface area contributed by atoms with Crippen LogP contribution in [-0.2, 0) is 12.8 Å². The van der Waals surface area contributed by atoms with Gasteiger partial charge < -0.3 is 0 Å². The van der Waals surface area contributed by atoms with Crippen molar-refractivity contribution in [2.45, 2.75) is 106 Å². The lowest BCUT2D eigenvalue weighted by Crippen LogP contribution is -2.04. The van der Waals surface area contributed by atoms with Gasteiger partial charge in [0.25, 0.3) is 0 Å². The fourth-order valence-electron chi connectivity index (χ4n) is 18.4. The third kappa shape index (κ3) is 18.0. The molecule has 6 nitrogen and oxygen atoms in total. The second kappa shape index (κ2) is 37.4. The van der Waals surface area contributed by atoms with Gasteiger partial charge in [0, 0.05) is 103 Å². The van der Waals surface area contributed by atoms with Crippen molar-refractivity contribution in [3.8, 4) is 66.8 Å². The van der Waals surface area contributed by atoms with Gasteiger partial charge in [-0.1, -0.05) is 425 Å². The topological polar surface area (TPSA) is 77.3 Å². The number of aryl methyl sites for hydroxylation is 6. The molecular weight excluding hydrogens is 1570 g/mol. The quantitative estimate of drug-likeness (QED) is 0.0797. The fraction of sp³-hybridized carbons (Fsp3) is 0.129. The molecule has 0 fully saturated rings. The van der Waals surface area contributed by atoms with Gasteiger partial charge in [0.15, 0.2) is 0 Å². The van der Waals surface area contributed by atoms with Crippen LogP contribution in [0.3, 0.4) is 0 Å². The van der Waals surface area contributed by atoms with Crippen molar-refractivity contribution in [3.63, 3.8) is 0 Å². The van der Waals surface area contributed by atoms with Crippen molar-refractivity contribution in [1.29, 1.82) is 0 Å². The van der Waals surface area contributed by atoms with Crippen LogP contribution in [0.4, 0.5) is 0 Å². The summed E-state index contributed by atoms with van der Waals surface area (Å²) in [4.78, 5) is 32.5. The predicted molar refractivity (Wildman–Crippen MR) is 547 cm³/mol. The summed E-state index contributed by atoms with van der Waals surface area (Å²) in [6.45, 7) is 21.9. The second-order valence-electron chi connectivity index (χ2n) is 35.3. The van der Waals surface area contributed by atoms with Crippen molar-refractivity contribution in [2.75, 3.05) is 0 Å². The summed E-state index contributed by atoms with van der Waals surface area (Å²) in [5.74, 6) is 0.502. The Labute approximate surface area is 763 Å². The van der Waals surface area contributed by atoms with Crippen molar-refractivity contribution in [3.05, 3.63) is 501 Å². The highest BCUT2D eigenvalue weighted by atomic mass is 14.8. The zero-order valence-corrected chi connectivity index (χ0v) is 75.5. The lowest BCUT2D eigenvalue weighted by Gasteiger charge is -2.19. The summed E-state index contributed by atoms with van der Waals surface area (Å²) in [6.07, 6.45) is 1.53. The first kappa shape index (κ1) is 84.3. The van der Waals surface area contributed by atoms with Crippen LogP contribution < -0.4 is 0 Å². The van der Waals surface area contributed by atoms with E-state index in [1.165, 1.54) is 134 Å². The number of rotatable bonds is 18. The highest BCUT2D eigenvalue weighted by Crippen LogP contribution is 2.45. The van der Waals surface area contributed by atoms with E-state index in [9.17, 15) is 0 Å². The van der Waals surface area contributed by atoms with Gasteiger partial charge in [-0.25, -0.2) is 19.9 Å². The van der Waals surface area contributed by atoms with Crippen LogP contribution in [-0.4, -0.2) is 29.9 Å². The average Bonchev–Trinajstić information content (AvgIpc) is 0.746. The monoisotopic (exact) mass is 1680 g/mol. The maximum atomic E-state index is 5.46. The normalized spacial score (nSPS) is 12.3.